The van der Waals surface area contributed by atoms with Gasteiger partial charge in [-0.3, -0.25) is 24.7 Å². The average molecular weight is 277 g/mol. The molecule has 0 saturated heterocycles. The number of nitrogens with one attached hydrogen (secondary N) is 2. The third-order valence-corrected chi connectivity index (χ3v) is 2.52. The van der Waals surface area contributed by atoms with Crippen molar-refractivity contribution in [2.24, 2.45) is 0 Å². The molecule has 0 bridgehead atoms. The first-order valence-corrected chi connectivity index (χ1v) is 6.61. The summed E-state index contributed by atoms with van der Waals surface area (Å²) in [4.78, 5) is 40.3. The normalized spacial score (nSPS) is 10.7. The maximum absolute atomic E-state index is 11.6. The first kappa shape index (κ1) is 15.8. The number of aromatic amines is 1. The quantitative estimate of drug-likeness (QED) is 0.588. The van der Waals surface area contributed by atoms with Crippen LogP contribution in [0.4, 0.5) is 5.95 Å². The molecule has 1 rings (SSSR count). The Balaban J connectivity index is 2.71. The molecular weight excluding hydrogens is 258 g/mol. The van der Waals surface area contributed by atoms with Crippen LogP contribution < -0.4 is 10.9 Å². The van der Waals surface area contributed by atoms with Crippen LogP contribution in [-0.2, 0) is 9.59 Å². The zero-order chi connectivity index (χ0) is 15.0. The van der Waals surface area contributed by atoms with Crippen LogP contribution in [0.5, 0.6) is 0 Å². The lowest BCUT2D eigenvalue weighted by Crippen LogP contribution is -2.15. The summed E-state index contributed by atoms with van der Waals surface area (Å²) in [5, 5.41) is 2.39. The van der Waals surface area contributed by atoms with Gasteiger partial charge in [0.2, 0.25) is 11.9 Å². The first-order valence-electron chi connectivity index (χ1n) is 6.61. The third kappa shape index (κ3) is 6.08. The molecule has 1 aromatic heterocycles. The highest BCUT2D eigenvalue weighted by molar-refractivity contribution is 5.93. The summed E-state index contributed by atoms with van der Waals surface area (Å²) in [5.41, 5.74) is -0.0526. The predicted molar refractivity (Wildman–Crippen MR) is 77.3 cm³/mol. The number of anilines is 1. The summed E-state index contributed by atoms with van der Waals surface area (Å²) in [7, 11) is 0. The van der Waals surface area contributed by atoms with Crippen LogP contribution in [-0.4, -0.2) is 21.7 Å². The van der Waals surface area contributed by atoms with Gasteiger partial charge in [-0.05, 0) is 18.6 Å². The van der Waals surface area contributed by atoms with Gasteiger partial charge >= 0.3 is 0 Å². The molecule has 2 N–H and O–H groups in total. The lowest BCUT2D eigenvalue weighted by Gasteiger charge is -2.01. The van der Waals surface area contributed by atoms with E-state index >= 15 is 0 Å². The van der Waals surface area contributed by atoms with Crippen molar-refractivity contribution in [3.8, 4) is 0 Å². The Labute approximate surface area is 117 Å². The van der Waals surface area contributed by atoms with Crippen molar-refractivity contribution in [2.75, 3.05) is 5.32 Å². The number of hydrogen-bond donors (Lipinski definition) is 2. The van der Waals surface area contributed by atoms with Crippen molar-refractivity contribution in [2.45, 2.75) is 39.5 Å². The Morgan fingerprint density at radius 1 is 1.40 bits per heavy atom. The molecule has 1 amide bonds. The zero-order valence-electron chi connectivity index (χ0n) is 11.7. The van der Waals surface area contributed by atoms with Crippen molar-refractivity contribution >= 4 is 23.7 Å². The third-order valence-electron chi connectivity index (χ3n) is 2.52. The van der Waals surface area contributed by atoms with Crippen LogP contribution in [0, 0.1) is 0 Å². The van der Waals surface area contributed by atoms with Gasteiger partial charge < -0.3 is 0 Å². The monoisotopic (exact) mass is 277 g/mol. The zero-order valence-corrected chi connectivity index (χ0v) is 11.7. The Morgan fingerprint density at radius 2 is 2.15 bits per heavy atom. The highest BCUT2D eigenvalue weighted by atomic mass is 16.2. The van der Waals surface area contributed by atoms with Crippen LogP contribution in [0.2, 0.25) is 0 Å². The molecule has 0 unspecified atom stereocenters. The van der Waals surface area contributed by atoms with E-state index in [2.05, 4.69) is 22.2 Å². The summed E-state index contributed by atoms with van der Waals surface area (Å²) < 4.78 is 0. The van der Waals surface area contributed by atoms with Crippen LogP contribution in [0.1, 0.15) is 45.2 Å². The van der Waals surface area contributed by atoms with Gasteiger partial charge in [-0.2, -0.15) is 0 Å². The Kier molecular flexibility index (Phi) is 6.36. The lowest BCUT2D eigenvalue weighted by atomic mass is 10.1. The largest absolute Gasteiger partial charge is 0.296 e. The minimum absolute atomic E-state index is 0.00149. The van der Waals surface area contributed by atoms with Gasteiger partial charge in [0.1, 0.15) is 0 Å². The van der Waals surface area contributed by atoms with Crippen molar-refractivity contribution in [1.82, 2.24) is 9.97 Å². The molecule has 0 aliphatic carbocycles. The van der Waals surface area contributed by atoms with E-state index in [0.29, 0.717) is 12.1 Å². The number of rotatable bonds is 7. The molecule has 0 radical (unpaired) electrons. The van der Waals surface area contributed by atoms with E-state index < -0.39 is 0 Å². The van der Waals surface area contributed by atoms with E-state index in [9.17, 15) is 14.4 Å². The van der Waals surface area contributed by atoms with Crippen molar-refractivity contribution in [1.29, 1.82) is 0 Å². The Morgan fingerprint density at radius 3 is 2.80 bits per heavy atom. The summed E-state index contributed by atoms with van der Waals surface area (Å²) >= 11 is 0. The summed E-state index contributed by atoms with van der Waals surface area (Å²) in [6.07, 6.45) is 6.33. The molecule has 6 nitrogen and oxygen atoms in total. The van der Waals surface area contributed by atoms with Gasteiger partial charge in [-0.15, -0.1) is 0 Å². The standard InChI is InChI=1S/C14H19N3O3/c1-3-4-5-6-12(19)8-7-11-9-13(20)17-14(16-11)15-10(2)18/h7-9H,3-6H2,1-2H3,(H2,15,16,17,18,20)/b8-7+. The van der Waals surface area contributed by atoms with Crippen molar-refractivity contribution in [3.63, 3.8) is 0 Å². The predicted octanol–water partition coefficient (Wildman–Crippen LogP) is 1.89. The lowest BCUT2D eigenvalue weighted by molar-refractivity contribution is -0.115. The number of unbranched alkanes of at least 4 members (excludes halogenated alkanes) is 2. The highest BCUT2D eigenvalue weighted by Gasteiger charge is 2.01. The van der Waals surface area contributed by atoms with Crippen LogP contribution in [0.3, 0.4) is 0 Å². The Hall–Kier alpha value is -2.24. The second-order valence-electron chi connectivity index (χ2n) is 4.46. The fourth-order valence-corrected chi connectivity index (χ4v) is 1.60. The van der Waals surface area contributed by atoms with Crippen LogP contribution in [0.25, 0.3) is 6.08 Å². The van der Waals surface area contributed by atoms with Gasteiger partial charge in [-0.1, -0.05) is 19.8 Å². The molecule has 20 heavy (non-hydrogen) atoms. The van der Waals surface area contributed by atoms with Gasteiger partial charge in [0.15, 0.2) is 5.78 Å². The summed E-state index contributed by atoms with van der Waals surface area (Å²) in [6.45, 7) is 3.39. The first-order chi connectivity index (χ1) is 9.51. The molecule has 0 aliphatic rings. The molecule has 6 heteroatoms. The van der Waals surface area contributed by atoms with Gasteiger partial charge in [-0.25, -0.2) is 4.98 Å². The molecule has 0 atom stereocenters. The fraction of sp³-hybridized carbons (Fsp3) is 0.429. The number of carbonyl (C=O) groups excluding carboxylic acids is 2. The number of carbonyl (C=O) groups is 2. The molecule has 1 heterocycles. The number of amides is 1. The maximum atomic E-state index is 11.6. The number of aromatic nitrogens is 2. The van der Waals surface area contributed by atoms with Gasteiger partial charge in [0, 0.05) is 19.4 Å². The minimum Gasteiger partial charge on any atom is -0.296 e. The number of nitrogens with zero attached hydrogens (tertiary/aromatic N) is 1. The topological polar surface area (TPSA) is 91.9 Å². The summed E-state index contributed by atoms with van der Waals surface area (Å²) in [5.74, 6) is -0.255. The van der Waals surface area contributed by atoms with Crippen LogP contribution in [0.15, 0.2) is 16.9 Å². The molecule has 0 fully saturated rings. The molecule has 0 aliphatic heterocycles. The second kappa shape index (κ2) is 8.04. The van der Waals surface area contributed by atoms with E-state index in [4.69, 9.17) is 0 Å². The van der Waals surface area contributed by atoms with Crippen molar-refractivity contribution < 1.29 is 9.59 Å². The van der Waals surface area contributed by atoms with E-state index in [1.54, 1.807) is 0 Å². The smallest absolute Gasteiger partial charge is 0.252 e. The molecule has 0 spiro atoms. The van der Waals surface area contributed by atoms with Crippen molar-refractivity contribution in [3.05, 3.63) is 28.2 Å². The highest BCUT2D eigenvalue weighted by Crippen LogP contribution is 2.03. The minimum atomic E-state index is -0.387. The number of allylic oxidation sites excluding steroid dienone is 1. The Bertz CT molecular complexity index is 561. The van der Waals surface area contributed by atoms with E-state index in [-0.39, 0.29) is 23.2 Å². The van der Waals surface area contributed by atoms with Gasteiger partial charge in [0.25, 0.3) is 5.56 Å². The fourth-order valence-electron chi connectivity index (χ4n) is 1.60. The molecule has 0 aromatic carbocycles. The van der Waals surface area contributed by atoms with E-state index in [0.717, 1.165) is 19.3 Å². The molecule has 0 saturated carbocycles. The SMILES string of the molecule is CCCCCC(=O)/C=C/c1cc(=O)[nH]c(NC(C)=O)n1. The number of ketones is 1. The van der Waals surface area contributed by atoms with E-state index in [1.165, 1.54) is 25.1 Å². The summed E-state index contributed by atoms with van der Waals surface area (Å²) in [6, 6.07) is 1.27. The molecule has 1 aromatic rings. The number of hydrogen-bond acceptors (Lipinski definition) is 4. The second-order valence-corrected chi connectivity index (χ2v) is 4.46. The molecular formula is C14H19N3O3. The number of H-pyrrole nitrogens is 1. The van der Waals surface area contributed by atoms with Gasteiger partial charge in [0.05, 0.1) is 5.69 Å². The average Bonchev–Trinajstić information content (AvgIpc) is 2.35. The molecule has 108 valence electrons. The maximum Gasteiger partial charge on any atom is 0.252 e. The van der Waals surface area contributed by atoms with E-state index in [1.807, 2.05) is 0 Å². The van der Waals surface area contributed by atoms with Crippen LogP contribution >= 0.6 is 0 Å².